The van der Waals surface area contributed by atoms with Crippen molar-refractivity contribution in [3.8, 4) is 0 Å². The number of rotatable bonds is 11. The quantitative estimate of drug-likeness (QED) is 0.361. The van der Waals surface area contributed by atoms with Crippen LogP contribution in [0, 0.1) is 11.3 Å². The molecule has 2 aliphatic carbocycles. The first-order valence-electron chi connectivity index (χ1n) is 11.8. The van der Waals surface area contributed by atoms with Crippen LogP contribution in [0.1, 0.15) is 94.3 Å². The van der Waals surface area contributed by atoms with E-state index in [1.165, 1.54) is 6.42 Å². The second-order valence-electron chi connectivity index (χ2n) is 9.47. The summed E-state index contributed by atoms with van der Waals surface area (Å²) in [6.45, 7) is 2.16. The first-order valence-corrected chi connectivity index (χ1v) is 11.8. The van der Waals surface area contributed by atoms with Crippen LogP contribution >= 0.6 is 0 Å². The average Bonchev–Trinajstić information content (AvgIpc) is 2.99. The monoisotopic (exact) mass is 427 g/mol. The Morgan fingerprint density at radius 2 is 2.10 bits per heavy atom. The van der Waals surface area contributed by atoms with Crippen molar-refractivity contribution in [2.75, 3.05) is 0 Å². The molecule has 0 heterocycles. The van der Waals surface area contributed by atoms with Gasteiger partial charge in [-0.2, -0.15) is 0 Å². The van der Waals surface area contributed by atoms with E-state index >= 15 is 0 Å². The Bertz CT molecular complexity index is 798. The molecule has 1 aromatic rings. The van der Waals surface area contributed by atoms with Gasteiger partial charge in [0.1, 0.15) is 5.78 Å². The summed E-state index contributed by atoms with van der Waals surface area (Å²) in [6.07, 6.45) is 10.7. The molecule has 1 aromatic carbocycles. The van der Waals surface area contributed by atoms with Crippen LogP contribution < -0.4 is 5.73 Å². The number of benzene rings is 1. The van der Waals surface area contributed by atoms with E-state index in [1.54, 1.807) is 0 Å². The van der Waals surface area contributed by atoms with E-state index in [9.17, 15) is 19.8 Å². The van der Waals surface area contributed by atoms with Gasteiger partial charge in [-0.15, -0.1) is 0 Å². The molecule has 2 saturated carbocycles. The van der Waals surface area contributed by atoms with Gasteiger partial charge in [-0.3, -0.25) is 9.59 Å². The number of aliphatic hydroxyl groups is 2. The molecular weight excluding hydrogens is 390 g/mol. The SMILES string of the molecule is CCCC1(C(O)c2cccc([C@H]3[C@H](O)CC(=O)[C@@H]3CC=CCCCC(N)=O)c2)CCC1. The van der Waals surface area contributed by atoms with Crippen LogP contribution in [0.3, 0.4) is 0 Å². The van der Waals surface area contributed by atoms with Crippen molar-refractivity contribution in [2.24, 2.45) is 17.1 Å². The fraction of sp³-hybridized carbons (Fsp3) is 0.615. The molecule has 2 aliphatic rings. The van der Waals surface area contributed by atoms with Crippen LogP contribution in [0.25, 0.3) is 0 Å². The zero-order valence-electron chi connectivity index (χ0n) is 18.6. The number of hydrogen-bond acceptors (Lipinski definition) is 4. The number of nitrogens with two attached hydrogens (primary N) is 1. The van der Waals surface area contributed by atoms with Crippen molar-refractivity contribution in [3.05, 3.63) is 47.5 Å². The van der Waals surface area contributed by atoms with E-state index < -0.39 is 12.2 Å². The first-order chi connectivity index (χ1) is 14.9. The third-order valence-electron chi connectivity index (χ3n) is 7.31. The minimum Gasteiger partial charge on any atom is -0.392 e. The number of amides is 1. The van der Waals surface area contributed by atoms with Gasteiger partial charge in [0.05, 0.1) is 12.2 Å². The van der Waals surface area contributed by atoms with Crippen LogP contribution in [0.4, 0.5) is 0 Å². The fourth-order valence-electron chi connectivity index (χ4n) is 5.52. The Morgan fingerprint density at radius 3 is 2.74 bits per heavy atom. The largest absolute Gasteiger partial charge is 0.392 e. The molecule has 3 rings (SSSR count). The van der Waals surface area contributed by atoms with Crippen molar-refractivity contribution < 1.29 is 19.8 Å². The summed E-state index contributed by atoms with van der Waals surface area (Å²) in [4.78, 5) is 23.4. The summed E-state index contributed by atoms with van der Waals surface area (Å²) in [7, 11) is 0. The molecule has 0 radical (unpaired) electrons. The van der Waals surface area contributed by atoms with Gasteiger partial charge in [0.2, 0.25) is 5.91 Å². The topological polar surface area (TPSA) is 101 Å². The summed E-state index contributed by atoms with van der Waals surface area (Å²) < 4.78 is 0. The van der Waals surface area contributed by atoms with Gasteiger partial charge in [-0.25, -0.2) is 0 Å². The van der Waals surface area contributed by atoms with E-state index in [1.807, 2.05) is 36.4 Å². The highest BCUT2D eigenvalue weighted by Crippen LogP contribution is 2.53. The lowest BCUT2D eigenvalue weighted by atomic mass is 9.61. The molecule has 1 amide bonds. The van der Waals surface area contributed by atoms with Crippen molar-refractivity contribution in [2.45, 2.75) is 89.3 Å². The highest BCUT2D eigenvalue weighted by molar-refractivity contribution is 5.85. The smallest absolute Gasteiger partial charge is 0.217 e. The lowest BCUT2D eigenvalue weighted by molar-refractivity contribution is -0.121. The third kappa shape index (κ3) is 5.45. The molecule has 170 valence electrons. The molecule has 0 aliphatic heterocycles. The second kappa shape index (κ2) is 10.6. The first kappa shape index (κ1) is 23.7. The van der Waals surface area contributed by atoms with E-state index in [0.29, 0.717) is 19.3 Å². The lowest BCUT2D eigenvalue weighted by Crippen LogP contribution is -2.36. The normalized spacial score (nSPS) is 26.2. The molecule has 31 heavy (non-hydrogen) atoms. The van der Waals surface area contributed by atoms with E-state index in [-0.39, 0.29) is 35.4 Å². The molecule has 0 saturated heterocycles. The summed E-state index contributed by atoms with van der Waals surface area (Å²) >= 11 is 0. The van der Waals surface area contributed by atoms with Gasteiger partial charge in [0, 0.05) is 30.1 Å². The summed E-state index contributed by atoms with van der Waals surface area (Å²) in [5, 5.41) is 21.8. The molecule has 0 bridgehead atoms. The molecule has 0 aromatic heterocycles. The van der Waals surface area contributed by atoms with Crippen LogP contribution in [0.5, 0.6) is 0 Å². The predicted octanol–water partition coefficient (Wildman–Crippen LogP) is 4.33. The minimum atomic E-state index is -0.693. The minimum absolute atomic E-state index is 0.0233. The van der Waals surface area contributed by atoms with Gasteiger partial charge in [-0.05, 0) is 49.7 Å². The Labute approximate surface area is 185 Å². The van der Waals surface area contributed by atoms with Crippen LogP contribution in [0.15, 0.2) is 36.4 Å². The average molecular weight is 428 g/mol. The summed E-state index contributed by atoms with van der Waals surface area (Å²) in [5.74, 6) is -0.722. The van der Waals surface area contributed by atoms with Crippen molar-refractivity contribution in [1.29, 1.82) is 0 Å². The Kier molecular flexibility index (Phi) is 8.06. The van der Waals surface area contributed by atoms with Gasteiger partial charge in [-0.1, -0.05) is 56.2 Å². The van der Waals surface area contributed by atoms with E-state index in [0.717, 1.165) is 43.2 Å². The fourth-order valence-corrected chi connectivity index (χ4v) is 5.52. The maximum atomic E-state index is 12.6. The zero-order chi connectivity index (χ0) is 22.4. The molecular formula is C26H37NO4. The maximum absolute atomic E-state index is 12.6. The zero-order valence-corrected chi connectivity index (χ0v) is 18.6. The molecule has 5 nitrogen and oxygen atoms in total. The number of hydrogen-bond donors (Lipinski definition) is 3. The Hall–Kier alpha value is -1.98. The van der Waals surface area contributed by atoms with Gasteiger partial charge in [0.15, 0.2) is 0 Å². The Morgan fingerprint density at radius 1 is 1.32 bits per heavy atom. The number of carbonyl (C=O) groups excluding carboxylic acids is 2. The number of aliphatic hydroxyl groups excluding tert-OH is 2. The van der Waals surface area contributed by atoms with E-state index in [2.05, 4.69) is 6.92 Å². The number of ketones is 1. The maximum Gasteiger partial charge on any atom is 0.217 e. The summed E-state index contributed by atoms with van der Waals surface area (Å²) in [5.41, 5.74) is 6.97. The molecule has 4 atom stereocenters. The van der Waals surface area contributed by atoms with Gasteiger partial charge < -0.3 is 15.9 Å². The third-order valence-corrected chi connectivity index (χ3v) is 7.31. The predicted molar refractivity (Wildman–Crippen MR) is 121 cm³/mol. The summed E-state index contributed by atoms with van der Waals surface area (Å²) in [6, 6.07) is 7.90. The number of allylic oxidation sites excluding steroid dienone is 2. The van der Waals surface area contributed by atoms with Crippen LogP contribution in [0.2, 0.25) is 0 Å². The number of primary amides is 1. The number of Topliss-reactive ketones (excluding diaryl/α,β-unsaturated/α-hetero) is 1. The molecule has 0 spiro atoms. The van der Waals surface area contributed by atoms with Crippen molar-refractivity contribution in [1.82, 2.24) is 0 Å². The number of unbranched alkanes of at least 4 members (excludes halogenated alkanes) is 1. The van der Waals surface area contributed by atoms with Gasteiger partial charge >= 0.3 is 0 Å². The van der Waals surface area contributed by atoms with Crippen LogP contribution in [-0.4, -0.2) is 28.0 Å². The molecule has 4 N–H and O–H groups in total. The van der Waals surface area contributed by atoms with Crippen LogP contribution in [-0.2, 0) is 9.59 Å². The number of carbonyl (C=O) groups is 2. The highest BCUT2D eigenvalue weighted by Gasteiger charge is 2.44. The van der Waals surface area contributed by atoms with Crippen molar-refractivity contribution >= 4 is 11.7 Å². The Balaban J connectivity index is 1.72. The standard InChI is InChI=1S/C26H37NO4/c1-2-13-26(14-8-15-26)25(31)19-10-7-9-18(16-19)24-20(21(28)17-22(24)29)11-5-3-4-6-12-23(27)30/h3,5,7,9-10,16,20,22,24-25,29,31H,2,4,6,8,11-15,17H2,1H3,(H2,27,30)/t20-,22+,24+,25?/m0/s1. The second-order valence-corrected chi connectivity index (χ2v) is 9.47. The molecule has 1 unspecified atom stereocenters. The molecule has 5 heteroatoms. The molecule has 2 fully saturated rings. The lowest BCUT2D eigenvalue weighted by Gasteiger charge is -2.46. The van der Waals surface area contributed by atoms with Gasteiger partial charge in [0.25, 0.3) is 0 Å². The van der Waals surface area contributed by atoms with E-state index in [4.69, 9.17) is 5.73 Å². The highest BCUT2D eigenvalue weighted by atomic mass is 16.3. The van der Waals surface area contributed by atoms with Crippen molar-refractivity contribution in [3.63, 3.8) is 0 Å².